The molecule has 0 saturated heterocycles. The average Bonchev–Trinajstić information content (AvgIpc) is 3.32. The van der Waals surface area contributed by atoms with Crippen molar-refractivity contribution in [3.63, 3.8) is 0 Å². The largest absolute Gasteiger partial charge is 0.335 e. The highest BCUT2D eigenvalue weighted by molar-refractivity contribution is 6.30. The van der Waals surface area contributed by atoms with E-state index in [0.717, 1.165) is 11.3 Å². The van der Waals surface area contributed by atoms with E-state index in [1.54, 1.807) is 49.9 Å². The maximum Gasteiger partial charge on any atom is 0.251 e. The molecule has 0 saturated carbocycles. The van der Waals surface area contributed by atoms with Gasteiger partial charge < -0.3 is 14.9 Å². The lowest BCUT2D eigenvalue weighted by Gasteiger charge is -2.30. The van der Waals surface area contributed by atoms with Gasteiger partial charge in [0.05, 0.1) is 40.6 Å². The summed E-state index contributed by atoms with van der Waals surface area (Å²) in [5.74, 6) is 0. The summed E-state index contributed by atoms with van der Waals surface area (Å²) >= 11 is 6.15. The lowest BCUT2D eigenvalue weighted by atomic mass is 9.84. The van der Waals surface area contributed by atoms with Crippen LogP contribution in [0.5, 0.6) is 0 Å². The second kappa shape index (κ2) is 8.47. The van der Waals surface area contributed by atoms with Crippen LogP contribution in [0.25, 0.3) is 22.3 Å². The summed E-state index contributed by atoms with van der Waals surface area (Å²) < 4.78 is 3.37. The van der Waals surface area contributed by atoms with Crippen LogP contribution >= 0.6 is 11.6 Å². The smallest absolute Gasteiger partial charge is 0.251 e. The van der Waals surface area contributed by atoms with Gasteiger partial charge in [0.15, 0.2) is 0 Å². The molecule has 8 nitrogen and oxygen atoms in total. The zero-order chi connectivity index (χ0) is 24.7. The van der Waals surface area contributed by atoms with Gasteiger partial charge >= 0.3 is 0 Å². The number of rotatable bonds is 4. The number of benzene rings is 1. The van der Waals surface area contributed by atoms with Crippen molar-refractivity contribution >= 4 is 22.6 Å². The van der Waals surface area contributed by atoms with Crippen LogP contribution in [-0.2, 0) is 19.6 Å². The molecule has 1 aromatic carbocycles. The molecular formula is C26H20ClN7O. The number of nitrogens with zero attached hydrogens (tertiary/aromatic N) is 6. The van der Waals surface area contributed by atoms with Crippen molar-refractivity contribution in [1.82, 2.24) is 24.1 Å². The van der Waals surface area contributed by atoms with Crippen molar-refractivity contribution in [1.29, 1.82) is 5.26 Å². The quantitative estimate of drug-likeness (QED) is 0.420. The van der Waals surface area contributed by atoms with Crippen LogP contribution < -0.4 is 11.3 Å². The van der Waals surface area contributed by atoms with Gasteiger partial charge in [0.2, 0.25) is 0 Å². The molecule has 0 unspecified atom stereocenters. The maximum absolute atomic E-state index is 12.7. The fourth-order valence-corrected chi connectivity index (χ4v) is 4.39. The lowest BCUT2D eigenvalue weighted by Crippen LogP contribution is -2.41. The first-order valence-electron chi connectivity index (χ1n) is 10.7. The third kappa shape index (κ3) is 3.67. The molecule has 0 aliphatic heterocycles. The van der Waals surface area contributed by atoms with Gasteiger partial charge in [0.1, 0.15) is 17.3 Å². The summed E-state index contributed by atoms with van der Waals surface area (Å²) in [6.07, 6.45) is 3.39. The molecule has 35 heavy (non-hydrogen) atoms. The van der Waals surface area contributed by atoms with E-state index in [-0.39, 0.29) is 11.3 Å². The molecule has 2 N–H and O–H groups in total. The minimum absolute atomic E-state index is 0.213. The van der Waals surface area contributed by atoms with Gasteiger partial charge in [-0.05, 0) is 42.0 Å². The maximum atomic E-state index is 12.7. The SMILES string of the molecule is Cn1cncc1[C@@](N)(c1ccc(Cl)cc1)c1ccc2c(n1)c(-c1cccc(C#N)n1)cc(=O)n2C. The predicted octanol–water partition coefficient (Wildman–Crippen LogP) is 3.50. The van der Waals surface area contributed by atoms with E-state index < -0.39 is 5.54 Å². The lowest BCUT2D eigenvalue weighted by molar-refractivity contribution is 0.580. The highest BCUT2D eigenvalue weighted by Gasteiger charge is 2.36. The Morgan fingerprint density at radius 3 is 2.51 bits per heavy atom. The van der Waals surface area contributed by atoms with Crippen molar-refractivity contribution in [3.8, 4) is 17.3 Å². The molecule has 4 aromatic heterocycles. The van der Waals surface area contributed by atoms with Crippen LogP contribution in [0.15, 0.2) is 78.0 Å². The number of hydrogen-bond acceptors (Lipinski definition) is 6. The number of halogens is 1. The first-order chi connectivity index (χ1) is 16.8. The predicted molar refractivity (Wildman–Crippen MR) is 134 cm³/mol. The van der Waals surface area contributed by atoms with E-state index >= 15 is 0 Å². The Hall–Kier alpha value is -4.32. The Morgan fingerprint density at radius 1 is 1.06 bits per heavy atom. The molecule has 5 aromatic rings. The molecule has 0 aliphatic rings. The van der Waals surface area contributed by atoms with Gasteiger partial charge in [-0.15, -0.1) is 0 Å². The molecule has 0 amide bonds. The molecule has 172 valence electrons. The molecule has 1 atom stereocenters. The first-order valence-corrected chi connectivity index (χ1v) is 11.1. The van der Waals surface area contributed by atoms with E-state index in [0.29, 0.717) is 33.0 Å². The van der Waals surface area contributed by atoms with Gasteiger partial charge in [0, 0.05) is 30.7 Å². The number of nitrogens with two attached hydrogens (primary N) is 1. The van der Waals surface area contributed by atoms with Gasteiger partial charge in [0.25, 0.3) is 5.56 Å². The normalized spacial score (nSPS) is 12.9. The van der Waals surface area contributed by atoms with E-state index in [1.165, 1.54) is 10.6 Å². The Kier molecular flexibility index (Phi) is 5.44. The van der Waals surface area contributed by atoms with Crippen molar-refractivity contribution in [2.24, 2.45) is 19.8 Å². The molecule has 0 bridgehead atoms. The summed E-state index contributed by atoms with van der Waals surface area (Å²) in [6, 6.07) is 19.5. The van der Waals surface area contributed by atoms with Crippen molar-refractivity contribution in [3.05, 3.63) is 111 Å². The van der Waals surface area contributed by atoms with Crippen LogP contribution in [0.4, 0.5) is 0 Å². The van der Waals surface area contributed by atoms with Gasteiger partial charge in [-0.3, -0.25) is 4.79 Å². The topological polar surface area (TPSA) is 115 Å². The molecule has 0 aliphatic carbocycles. The number of aromatic nitrogens is 5. The molecule has 5 rings (SSSR count). The fourth-order valence-electron chi connectivity index (χ4n) is 4.27. The molecule has 0 fully saturated rings. The van der Waals surface area contributed by atoms with Crippen molar-refractivity contribution in [2.45, 2.75) is 5.54 Å². The summed E-state index contributed by atoms with van der Waals surface area (Å²) in [4.78, 5) is 26.4. The monoisotopic (exact) mass is 481 g/mol. The Balaban J connectivity index is 1.84. The Labute approximate surface area is 205 Å². The zero-order valence-corrected chi connectivity index (χ0v) is 19.7. The molecule has 4 heterocycles. The molecule has 9 heteroatoms. The molecule has 0 radical (unpaired) electrons. The number of aryl methyl sites for hydroxylation is 2. The van der Waals surface area contributed by atoms with Gasteiger partial charge in [-0.25, -0.2) is 15.0 Å². The zero-order valence-electron chi connectivity index (χ0n) is 19.0. The van der Waals surface area contributed by atoms with Gasteiger partial charge in [-0.2, -0.15) is 5.26 Å². The van der Waals surface area contributed by atoms with Crippen LogP contribution in [0.1, 0.15) is 22.6 Å². The second-order valence-electron chi connectivity index (χ2n) is 8.24. The third-order valence-corrected chi connectivity index (χ3v) is 6.40. The van der Waals surface area contributed by atoms with Crippen LogP contribution in [-0.4, -0.2) is 24.1 Å². The summed E-state index contributed by atoms with van der Waals surface area (Å²) in [5, 5.41) is 9.91. The minimum Gasteiger partial charge on any atom is -0.335 e. The summed E-state index contributed by atoms with van der Waals surface area (Å²) in [7, 11) is 3.55. The number of nitriles is 1. The Bertz CT molecular complexity index is 1680. The highest BCUT2D eigenvalue weighted by atomic mass is 35.5. The van der Waals surface area contributed by atoms with Crippen LogP contribution in [0.2, 0.25) is 5.02 Å². The third-order valence-electron chi connectivity index (χ3n) is 6.15. The van der Waals surface area contributed by atoms with Crippen LogP contribution in [0, 0.1) is 11.3 Å². The van der Waals surface area contributed by atoms with Crippen molar-refractivity contribution < 1.29 is 0 Å². The van der Waals surface area contributed by atoms with Crippen LogP contribution in [0.3, 0.4) is 0 Å². The second-order valence-corrected chi connectivity index (χ2v) is 8.68. The fraction of sp³-hybridized carbons (Fsp3) is 0.115. The van der Waals surface area contributed by atoms with E-state index in [9.17, 15) is 10.1 Å². The first kappa shape index (κ1) is 22.5. The number of fused-ring (bicyclic) bond motifs is 1. The minimum atomic E-state index is -1.17. The van der Waals surface area contributed by atoms with E-state index in [2.05, 4.69) is 9.97 Å². The average molecular weight is 482 g/mol. The standard InChI is InChI=1S/C26H20ClN7O/c1-33-15-30-14-23(33)26(29,16-6-8-17(27)9-7-16)22-11-10-21-25(32-22)19(12-24(35)34(21)2)20-5-3-4-18(13-28)31-20/h3-12,14-15H,29H2,1-2H3/t26-/m1/s1. The number of imidazole rings is 1. The number of hydrogen-bond donors (Lipinski definition) is 1. The van der Waals surface area contributed by atoms with Crippen molar-refractivity contribution in [2.75, 3.05) is 0 Å². The number of pyridine rings is 3. The Morgan fingerprint density at radius 2 is 1.83 bits per heavy atom. The summed E-state index contributed by atoms with van der Waals surface area (Å²) in [5.41, 5.74) is 10.2. The highest BCUT2D eigenvalue weighted by Crippen LogP contribution is 2.35. The van der Waals surface area contributed by atoms with E-state index in [4.69, 9.17) is 22.3 Å². The molecule has 0 spiro atoms. The van der Waals surface area contributed by atoms with E-state index in [1.807, 2.05) is 41.9 Å². The van der Waals surface area contributed by atoms with Gasteiger partial charge in [-0.1, -0.05) is 29.8 Å². The summed E-state index contributed by atoms with van der Waals surface area (Å²) in [6.45, 7) is 0. The molecular weight excluding hydrogens is 462 g/mol.